The fourth-order valence-electron chi connectivity index (χ4n) is 3.47. The molecule has 0 bridgehead atoms. The Kier molecular flexibility index (Phi) is 6.59. The van der Waals surface area contributed by atoms with Gasteiger partial charge in [-0.25, -0.2) is 4.98 Å². The van der Waals surface area contributed by atoms with Gasteiger partial charge in [0.25, 0.3) is 11.8 Å². The molecule has 1 aromatic heterocycles. The smallest absolute Gasteiger partial charge is 0.312 e. The fraction of sp³-hybridized carbons (Fsp3) is 0.115. The molecule has 0 atom stereocenters. The molecule has 170 valence electrons. The van der Waals surface area contributed by atoms with Gasteiger partial charge in [0.05, 0.1) is 17.5 Å². The molecule has 1 aliphatic heterocycles. The molecule has 0 radical (unpaired) electrons. The van der Waals surface area contributed by atoms with Gasteiger partial charge in [-0.15, -0.1) is 0 Å². The third kappa shape index (κ3) is 5.24. The van der Waals surface area contributed by atoms with Crippen LogP contribution in [0.25, 0.3) is 12.2 Å². The van der Waals surface area contributed by atoms with E-state index in [1.807, 2.05) is 18.2 Å². The van der Waals surface area contributed by atoms with Crippen LogP contribution in [0.4, 0.5) is 5.82 Å². The molecule has 0 unspecified atom stereocenters. The number of hydrogen-bond acceptors (Lipinski definition) is 6. The van der Waals surface area contributed by atoms with Gasteiger partial charge in [0.15, 0.2) is 0 Å². The molecule has 4 rings (SSSR count). The Morgan fingerprint density at radius 2 is 1.59 bits per heavy atom. The highest BCUT2D eigenvalue weighted by Crippen LogP contribution is 2.23. The highest BCUT2D eigenvalue weighted by molar-refractivity contribution is 6.21. The van der Waals surface area contributed by atoms with Crippen LogP contribution in [0.1, 0.15) is 45.2 Å². The molecule has 34 heavy (non-hydrogen) atoms. The standard InChI is InChI=1S/C26H21N3O5/c1-17(30)28-23-16-19(12-14-27-23)7-6-18-8-10-20(11-9-18)34-24(31)13-15-29-25(32)21-4-2-3-5-22(21)26(29)33/h2-12,14,16H,13,15H2,1H3,(H,27,28,30)/b7-6+. The maximum Gasteiger partial charge on any atom is 0.312 e. The predicted octanol–water partition coefficient (Wildman–Crippen LogP) is 3.80. The number of hydrogen-bond donors (Lipinski definition) is 1. The SMILES string of the molecule is CC(=O)Nc1cc(/C=C/c2ccc(OC(=O)CCN3C(=O)c4ccccc4C3=O)cc2)ccn1. The number of imide groups is 1. The van der Waals surface area contributed by atoms with Crippen LogP contribution < -0.4 is 10.1 Å². The van der Waals surface area contributed by atoms with Gasteiger partial charge in [-0.1, -0.05) is 36.4 Å². The summed E-state index contributed by atoms with van der Waals surface area (Å²) in [6.07, 6.45) is 5.25. The van der Waals surface area contributed by atoms with Gasteiger partial charge in [-0.3, -0.25) is 24.1 Å². The molecule has 8 heteroatoms. The van der Waals surface area contributed by atoms with E-state index >= 15 is 0 Å². The molecule has 0 fully saturated rings. The van der Waals surface area contributed by atoms with E-state index in [4.69, 9.17) is 4.74 Å². The fourth-order valence-corrected chi connectivity index (χ4v) is 3.47. The van der Waals surface area contributed by atoms with Crippen molar-refractivity contribution in [3.05, 3.63) is 89.1 Å². The lowest BCUT2D eigenvalue weighted by atomic mass is 10.1. The van der Waals surface area contributed by atoms with Crippen molar-refractivity contribution in [2.75, 3.05) is 11.9 Å². The normalized spacial score (nSPS) is 12.7. The van der Waals surface area contributed by atoms with Crippen LogP contribution in [-0.4, -0.2) is 40.1 Å². The average molecular weight is 455 g/mol. The number of ether oxygens (including phenoxy) is 1. The quantitative estimate of drug-likeness (QED) is 0.330. The average Bonchev–Trinajstić information content (AvgIpc) is 3.07. The summed E-state index contributed by atoms with van der Waals surface area (Å²) in [7, 11) is 0. The van der Waals surface area contributed by atoms with Gasteiger partial charge in [0, 0.05) is 19.7 Å². The third-order valence-electron chi connectivity index (χ3n) is 5.09. The van der Waals surface area contributed by atoms with Crippen molar-refractivity contribution in [3.8, 4) is 5.75 Å². The maximum absolute atomic E-state index is 12.4. The van der Waals surface area contributed by atoms with E-state index in [0.717, 1.165) is 16.0 Å². The van der Waals surface area contributed by atoms with Crippen molar-refractivity contribution < 1.29 is 23.9 Å². The Labute approximate surface area is 195 Å². The summed E-state index contributed by atoms with van der Waals surface area (Å²) >= 11 is 0. The number of benzene rings is 2. The van der Waals surface area contributed by atoms with E-state index in [0.29, 0.717) is 22.7 Å². The second-order valence-electron chi connectivity index (χ2n) is 7.59. The molecular formula is C26H21N3O5. The lowest BCUT2D eigenvalue weighted by Crippen LogP contribution is -2.32. The number of amides is 3. The molecule has 1 aliphatic rings. The van der Waals surface area contributed by atoms with Gasteiger partial charge in [0.2, 0.25) is 5.91 Å². The van der Waals surface area contributed by atoms with Crippen LogP contribution in [0, 0.1) is 0 Å². The second kappa shape index (κ2) is 9.91. The molecule has 1 N–H and O–H groups in total. The van der Waals surface area contributed by atoms with Crippen LogP contribution in [0.3, 0.4) is 0 Å². The van der Waals surface area contributed by atoms with E-state index in [1.165, 1.54) is 6.92 Å². The van der Waals surface area contributed by atoms with Crippen molar-refractivity contribution in [2.45, 2.75) is 13.3 Å². The minimum absolute atomic E-state index is 0.0432. The Balaban J connectivity index is 1.30. The number of nitrogens with one attached hydrogen (secondary N) is 1. The zero-order chi connectivity index (χ0) is 24.1. The van der Waals surface area contributed by atoms with Crippen LogP contribution in [0.5, 0.6) is 5.75 Å². The van der Waals surface area contributed by atoms with Gasteiger partial charge < -0.3 is 10.1 Å². The molecule has 3 amide bonds. The first-order valence-corrected chi connectivity index (χ1v) is 10.6. The zero-order valence-corrected chi connectivity index (χ0v) is 18.4. The van der Waals surface area contributed by atoms with Crippen LogP contribution in [0.2, 0.25) is 0 Å². The van der Waals surface area contributed by atoms with Crippen molar-refractivity contribution in [2.24, 2.45) is 0 Å². The summed E-state index contributed by atoms with van der Waals surface area (Å²) in [5, 5.41) is 2.63. The third-order valence-corrected chi connectivity index (χ3v) is 5.09. The number of aromatic nitrogens is 1. The molecule has 0 saturated heterocycles. The number of carbonyl (C=O) groups excluding carboxylic acids is 4. The summed E-state index contributed by atoms with van der Waals surface area (Å²) < 4.78 is 5.33. The first-order chi connectivity index (χ1) is 16.4. The van der Waals surface area contributed by atoms with E-state index in [9.17, 15) is 19.2 Å². The highest BCUT2D eigenvalue weighted by Gasteiger charge is 2.35. The molecule has 2 heterocycles. The molecule has 8 nitrogen and oxygen atoms in total. The summed E-state index contributed by atoms with van der Waals surface area (Å²) in [6.45, 7) is 1.38. The summed E-state index contributed by atoms with van der Waals surface area (Å²) in [5.74, 6) is -0.699. The van der Waals surface area contributed by atoms with E-state index in [2.05, 4.69) is 10.3 Å². The van der Waals surface area contributed by atoms with Gasteiger partial charge in [-0.2, -0.15) is 0 Å². The lowest BCUT2D eigenvalue weighted by Gasteiger charge is -2.13. The van der Waals surface area contributed by atoms with E-state index in [-0.39, 0.29) is 18.9 Å². The molecular weight excluding hydrogens is 434 g/mol. The van der Waals surface area contributed by atoms with Crippen molar-refractivity contribution in [3.63, 3.8) is 0 Å². The first-order valence-electron chi connectivity index (χ1n) is 10.6. The monoisotopic (exact) mass is 455 g/mol. The topological polar surface area (TPSA) is 106 Å². The molecule has 0 saturated carbocycles. The number of carbonyl (C=O) groups is 4. The molecule has 3 aromatic rings. The zero-order valence-electron chi connectivity index (χ0n) is 18.4. The Hall–Kier alpha value is -4.59. The molecule has 0 spiro atoms. The van der Waals surface area contributed by atoms with Crippen LogP contribution >= 0.6 is 0 Å². The number of rotatable bonds is 7. The van der Waals surface area contributed by atoms with Gasteiger partial charge in [0.1, 0.15) is 11.6 Å². The number of anilines is 1. The van der Waals surface area contributed by atoms with Crippen LogP contribution in [-0.2, 0) is 9.59 Å². The van der Waals surface area contributed by atoms with Crippen molar-refractivity contribution in [1.29, 1.82) is 0 Å². The lowest BCUT2D eigenvalue weighted by molar-refractivity contribution is -0.134. The van der Waals surface area contributed by atoms with Crippen LogP contribution in [0.15, 0.2) is 66.9 Å². The number of fused-ring (bicyclic) bond motifs is 1. The number of esters is 1. The maximum atomic E-state index is 12.4. The van der Waals surface area contributed by atoms with E-state index in [1.54, 1.807) is 60.8 Å². The highest BCUT2D eigenvalue weighted by atomic mass is 16.5. The second-order valence-corrected chi connectivity index (χ2v) is 7.59. The summed E-state index contributed by atoms with van der Waals surface area (Å²) in [6, 6.07) is 17.1. The minimum Gasteiger partial charge on any atom is -0.426 e. The van der Waals surface area contributed by atoms with Gasteiger partial charge in [-0.05, 0) is 47.5 Å². The van der Waals surface area contributed by atoms with E-state index < -0.39 is 17.8 Å². The van der Waals surface area contributed by atoms with Crippen molar-refractivity contribution in [1.82, 2.24) is 9.88 Å². The minimum atomic E-state index is -0.540. The molecule has 2 aromatic carbocycles. The first kappa shape index (κ1) is 22.6. The predicted molar refractivity (Wildman–Crippen MR) is 126 cm³/mol. The van der Waals surface area contributed by atoms with Gasteiger partial charge >= 0.3 is 5.97 Å². The van der Waals surface area contributed by atoms with Crippen molar-refractivity contribution >= 4 is 41.7 Å². The summed E-state index contributed by atoms with van der Waals surface area (Å²) in [5.41, 5.74) is 2.44. The Morgan fingerprint density at radius 1 is 0.941 bits per heavy atom. The number of pyridine rings is 1. The largest absolute Gasteiger partial charge is 0.426 e. The Morgan fingerprint density at radius 3 is 2.24 bits per heavy atom. The Bertz CT molecular complexity index is 1260. The summed E-state index contributed by atoms with van der Waals surface area (Å²) in [4.78, 5) is 53.3. The molecule has 0 aliphatic carbocycles. The number of nitrogens with zero attached hydrogens (tertiary/aromatic N) is 2.